The molecule has 0 heterocycles. The standard InChI is InChI=1S/C19H21F2N3O2/c1-3-9-24-19(25)14(22)10-11-7-8-13(20)16(18(11)23)12-5-4-6-15(26-2)17(12)21/h4-8,10H,3,9,22-23H2,1-2H3,(H,24,25)/b14-10-. The van der Waals surface area contributed by atoms with Crippen LogP contribution in [0.15, 0.2) is 36.0 Å². The zero-order valence-electron chi connectivity index (χ0n) is 14.6. The van der Waals surface area contributed by atoms with Crippen LogP contribution in [0.1, 0.15) is 18.9 Å². The molecular weight excluding hydrogens is 340 g/mol. The van der Waals surface area contributed by atoms with Crippen LogP contribution in [0.3, 0.4) is 0 Å². The minimum Gasteiger partial charge on any atom is -0.494 e. The number of ether oxygens (including phenoxy) is 1. The van der Waals surface area contributed by atoms with Crippen LogP contribution < -0.4 is 21.5 Å². The van der Waals surface area contributed by atoms with Crippen molar-refractivity contribution >= 4 is 17.7 Å². The Bertz CT molecular complexity index is 851. The lowest BCUT2D eigenvalue weighted by atomic mass is 9.98. The van der Waals surface area contributed by atoms with E-state index in [0.29, 0.717) is 12.1 Å². The molecule has 0 radical (unpaired) electrons. The van der Waals surface area contributed by atoms with E-state index >= 15 is 0 Å². The number of methoxy groups -OCH3 is 1. The highest BCUT2D eigenvalue weighted by atomic mass is 19.1. The summed E-state index contributed by atoms with van der Waals surface area (Å²) in [5, 5.41) is 2.63. The van der Waals surface area contributed by atoms with Gasteiger partial charge in [0, 0.05) is 28.9 Å². The van der Waals surface area contributed by atoms with E-state index in [2.05, 4.69) is 5.32 Å². The molecule has 0 aliphatic carbocycles. The summed E-state index contributed by atoms with van der Waals surface area (Å²) < 4.78 is 33.8. The van der Waals surface area contributed by atoms with E-state index in [-0.39, 0.29) is 28.3 Å². The van der Waals surface area contributed by atoms with Gasteiger partial charge in [-0.2, -0.15) is 0 Å². The van der Waals surface area contributed by atoms with E-state index in [4.69, 9.17) is 16.2 Å². The van der Waals surface area contributed by atoms with Crippen molar-refractivity contribution in [1.29, 1.82) is 0 Å². The molecule has 0 spiro atoms. The van der Waals surface area contributed by atoms with Crippen molar-refractivity contribution in [3.8, 4) is 16.9 Å². The first kappa shape index (κ1) is 19.2. The number of nitrogen functional groups attached to an aromatic ring is 1. The normalized spacial score (nSPS) is 11.3. The van der Waals surface area contributed by atoms with Crippen molar-refractivity contribution in [2.45, 2.75) is 13.3 Å². The van der Waals surface area contributed by atoms with Crippen molar-refractivity contribution in [3.05, 3.63) is 53.2 Å². The molecule has 2 aromatic rings. The van der Waals surface area contributed by atoms with Gasteiger partial charge in [0.1, 0.15) is 5.82 Å². The molecule has 0 aliphatic rings. The average molecular weight is 361 g/mol. The molecule has 5 N–H and O–H groups in total. The number of benzene rings is 2. The number of nitrogens with one attached hydrogen (secondary N) is 1. The molecule has 26 heavy (non-hydrogen) atoms. The summed E-state index contributed by atoms with van der Waals surface area (Å²) in [6.07, 6.45) is 2.10. The first-order chi connectivity index (χ1) is 12.4. The molecule has 0 unspecified atom stereocenters. The van der Waals surface area contributed by atoms with E-state index in [1.165, 1.54) is 37.5 Å². The highest BCUT2D eigenvalue weighted by Crippen LogP contribution is 2.36. The van der Waals surface area contributed by atoms with Gasteiger partial charge in [0.2, 0.25) is 0 Å². The zero-order chi connectivity index (χ0) is 19.3. The summed E-state index contributed by atoms with van der Waals surface area (Å²) in [6.45, 7) is 2.39. The highest BCUT2D eigenvalue weighted by Gasteiger charge is 2.18. The molecule has 0 fully saturated rings. The third-order valence-electron chi connectivity index (χ3n) is 3.79. The molecule has 0 atom stereocenters. The number of carbonyl (C=O) groups is 1. The highest BCUT2D eigenvalue weighted by molar-refractivity contribution is 5.98. The molecule has 2 aromatic carbocycles. The van der Waals surface area contributed by atoms with Gasteiger partial charge in [-0.25, -0.2) is 8.78 Å². The predicted molar refractivity (Wildman–Crippen MR) is 98.2 cm³/mol. The quantitative estimate of drug-likeness (QED) is 0.545. The number of hydrogen-bond donors (Lipinski definition) is 3. The molecule has 138 valence electrons. The number of halogens is 2. The maximum atomic E-state index is 14.5. The molecule has 0 aromatic heterocycles. The number of amides is 1. The molecule has 0 saturated heterocycles. The third kappa shape index (κ3) is 3.93. The van der Waals surface area contributed by atoms with Gasteiger partial charge in [-0.1, -0.05) is 19.1 Å². The summed E-state index contributed by atoms with van der Waals surface area (Å²) in [6, 6.07) is 6.88. The Kier molecular flexibility index (Phi) is 6.16. The smallest absolute Gasteiger partial charge is 0.267 e. The second-order valence-corrected chi connectivity index (χ2v) is 5.60. The van der Waals surface area contributed by atoms with Gasteiger partial charge >= 0.3 is 0 Å². The number of anilines is 1. The third-order valence-corrected chi connectivity index (χ3v) is 3.79. The number of rotatable bonds is 6. The fourth-order valence-electron chi connectivity index (χ4n) is 2.44. The largest absolute Gasteiger partial charge is 0.494 e. The first-order valence-corrected chi connectivity index (χ1v) is 8.06. The Morgan fingerprint density at radius 3 is 2.65 bits per heavy atom. The summed E-state index contributed by atoms with van der Waals surface area (Å²) in [5.41, 5.74) is 11.9. The fraction of sp³-hybridized carbons (Fsp3) is 0.211. The molecule has 0 bridgehead atoms. The van der Waals surface area contributed by atoms with Gasteiger partial charge < -0.3 is 21.5 Å². The second-order valence-electron chi connectivity index (χ2n) is 5.60. The van der Waals surface area contributed by atoms with Crippen molar-refractivity contribution in [1.82, 2.24) is 5.32 Å². The maximum Gasteiger partial charge on any atom is 0.267 e. The molecule has 1 amide bonds. The monoisotopic (exact) mass is 361 g/mol. The first-order valence-electron chi connectivity index (χ1n) is 8.06. The van der Waals surface area contributed by atoms with Crippen molar-refractivity contribution in [3.63, 3.8) is 0 Å². The molecule has 2 rings (SSSR count). The van der Waals surface area contributed by atoms with Crippen molar-refractivity contribution < 1.29 is 18.3 Å². The van der Waals surface area contributed by atoms with Crippen LogP contribution in [0.5, 0.6) is 5.75 Å². The second kappa shape index (κ2) is 8.33. The SMILES string of the molecule is CCCNC(=O)/C(N)=C/c1ccc(F)c(-c2cccc(OC)c2F)c1N. The molecule has 7 heteroatoms. The van der Waals surface area contributed by atoms with Gasteiger partial charge in [0.15, 0.2) is 11.6 Å². The van der Waals surface area contributed by atoms with Crippen LogP contribution in [0, 0.1) is 11.6 Å². The molecule has 0 saturated carbocycles. The van der Waals surface area contributed by atoms with E-state index in [1.807, 2.05) is 6.92 Å². The minimum atomic E-state index is -0.726. The van der Waals surface area contributed by atoms with E-state index in [1.54, 1.807) is 0 Å². The fourth-order valence-corrected chi connectivity index (χ4v) is 2.44. The zero-order valence-corrected chi connectivity index (χ0v) is 14.6. The Morgan fingerprint density at radius 1 is 1.27 bits per heavy atom. The number of hydrogen-bond acceptors (Lipinski definition) is 4. The summed E-state index contributed by atoms with van der Waals surface area (Å²) in [7, 11) is 1.32. The molecular formula is C19H21F2N3O2. The van der Waals surface area contributed by atoms with Crippen LogP contribution in [-0.2, 0) is 4.79 Å². The van der Waals surface area contributed by atoms with E-state index in [0.717, 1.165) is 12.5 Å². The Morgan fingerprint density at radius 2 is 2.00 bits per heavy atom. The van der Waals surface area contributed by atoms with E-state index < -0.39 is 17.5 Å². The Labute approximate surface area is 150 Å². The summed E-state index contributed by atoms with van der Waals surface area (Å²) >= 11 is 0. The van der Waals surface area contributed by atoms with Crippen LogP contribution in [0.2, 0.25) is 0 Å². The topological polar surface area (TPSA) is 90.4 Å². The average Bonchev–Trinajstić information content (AvgIpc) is 2.63. The minimum absolute atomic E-state index is 0.0246. The summed E-state index contributed by atoms with van der Waals surface area (Å²) in [4.78, 5) is 11.9. The lowest BCUT2D eigenvalue weighted by Crippen LogP contribution is -2.29. The molecule has 5 nitrogen and oxygen atoms in total. The maximum absolute atomic E-state index is 14.5. The van der Waals surface area contributed by atoms with Gasteiger partial charge in [0.05, 0.1) is 12.8 Å². The number of nitrogens with two attached hydrogens (primary N) is 2. The number of carbonyl (C=O) groups excluding carboxylic acids is 1. The van der Waals surface area contributed by atoms with Crippen LogP contribution in [0.25, 0.3) is 17.2 Å². The van der Waals surface area contributed by atoms with Crippen LogP contribution in [-0.4, -0.2) is 19.6 Å². The van der Waals surface area contributed by atoms with Crippen LogP contribution >= 0.6 is 0 Å². The Balaban J connectivity index is 2.52. The van der Waals surface area contributed by atoms with E-state index in [9.17, 15) is 13.6 Å². The van der Waals surface area contributed by atoms with Crippen molar-refractivity contribution in [2.24, 2.45) is 5.73 Å². The lowest BCUT2D eigenvalue weighted by Gasteiger charge is -2.13. The van der Waals surface area contributed by atoms with Gasteiger partial charge in [-0.05, 0) is 30.7 Å². The van der Waals surface area contributed by atoms with Gasteiger partial charge in [-0.3, -0.25) is 4.79 Å². The van der Waals surface area contributed by atoms with Crippen molar-refractivity contribution in [2.75, 3.05) is 19.4 Å². The van der Waals surface area contributed by atoms with Crippen LogP contribution in [0.4, 0.5) is 14.5 Å². The predicted octanol–water partition coefficient (Wildman–Crippen LogP) is 3.05. The Hall–Kier alpha value is -3.09. The summed E-state index contributed by atoms with van der Waals surface area (Å²) in [5.74, 6) is -1.90. The lowest BCUT2D eigenvalue weighted by molar-refractivity contribution is -0.117. The van der Waals surface area contributed by atoms with Gasteiger partial charge in [-0.15, -0.1) is 0 Å². The molecule has 0 aliphatic heterocycles. The van der Waals surface area contributed by atoms with Gasteiger partial charge in [0.25, 0.3) is 5.91 Å².